The van der Waals surface area contributed by atoms with Gasteiger partial charge in [0.2, 0.25) is 0 Å². The Kier molecular flexibility index (Phi) is 3.84. The maximum Gasteiger partial charge on any atom is 0.151 e. The Hall–Kier alpha value is -2.22. The molecule has 122 valence electrons. The van der Waals surface area contributed by atoms with Crippen molar-refractivity contribution >= 4 is 11.4 Å². The molecule has 4 rings (SSSR count). The molecule has 0 aromatic heterocycles. The van der Waals surface area contributed by atoms with Crippen molar-refractivity contribution in [2.45, 2.75) is 51.6 Å². The molecule has 1 spiro atoms. The van der Waals surface area contributed by atoms with Gasteiger partial charge in [-0.2, -0.15) is 0 Å². The highest BCUT2D eigenvalue weighted by atomic mass is 15.1. The molecule has 2 heteroatoms. The van der Waals surface area contributed by atoms with Crippen molar-refractivity contribution in [2.75, 3.05) is 0 Å². The molecule has 1 saturated carbocycles. The van der Waals surface area contributed by atoms with Gasteiger partial charge in [0.05, 0.1) is 11.4 Å². The predicted octanol–water partition coefficient (Wildman–Crippen LogP) is 5.26. The smallest absolute Gasteiger partial charge is 0.151 e. The zero-order chi connectivity index (χ0) is 16.6. The van der Waals surface area contributed by atoms with E-state index in [9.17, 15) is 0 Å². The first-order valence-corrected chi connectivity index (χ1v) is 8.99. The van der Waals surface area contributed by atoms with Gasteiger partial charge in [-0.15, -0.1) is 0 Å². The summed E-state index contributed by atoms with van der Waals surface area (Å²) in [5.74, 6) is 0. The van der Waals surface area contributed by atoms with E-state index in [0.717, 1.165) is 24.3 Å². The summed E-state index contributed by atoms with van der Waals surface area (Å²) in [6.07, 6.45) is 5.94. The molecule has 0 atom stereocenters. The molecule has 0 radical (unpaired) electrons. The van der Waals surface area contributed by atoms with Gasteiger partial charge in [-0.25, -0.2) is 0 Å². The van der Waals surface area contributed by atoms with Crippen LogP contribution in [-0.4, -0.2) is 17.1 Å². The van der Waals surface area contributed by atoms with E-state index in [2.05, 4.69) is 62.4 Å². The van der Waals surface area contributed by atoms with Crippen molar-refractivity contribution in [2.24, 2.45) is 9.98 Å². The molecule has 1 heterocycles. The SMILES string of the molecule is Cc1ccc(C2=NC3(CCCCC3)N=C2c2ccc(C)cc2)cc1. The minimum absolute atomic E-state index is 0.210. The largest absolute Gasteiger partial charge is 0.253 e. The van der Waals surface area contributed by atoms with Crippen LogP contribution in [0.1, 0.15) is 54.4 Å². The normalized spacial score (nSPS) is 19.2. The van der Waals surface area contributed by atoms with Crippen LogP contribution in [0, 0.1) is 13.8 Å². The van der Waals surface area contributed by atoms with Crippen LogP contribution < -0.4 is 0 Å². The lowest BCUT2D eigenvalue weighted by molar-refractivity contribution is 0.316. The van der Waals surface area contributed by atoms with E-state index in [1.165, 1.54) is 41.5 Å². The van der Waals surface area contributed by atoms with Crippen LogP contribution in [0.2, 0.25) is 0 Å². The van der Waals surface area contributed by atoms with E-state index in [1.807, 2.05) is 0 Å². The van der Waals surface area contributed by atoms with Crippen molar-refractivity contribution in [1.29, 1.82) is 0 Å². The van der Waals surface area contributed by atoms with Crippen LogP contribution in [0.4, 0.5) is 0 Å². The molecule has 1 aliphatic carbocycles. The standard InChI is InChI=1S/C22H24N2/c1-16-6-10-18(11-7-16)20-21(19-12-8-17(2)9-13-19)24-22(23-20)14-4-3-5-15-22/h6-13H,3-5,14-15H2,1-2H3. The number of aliphatic imine (C=N–C) groups is 2. The summed E-state index contributed by atoms with van der Waals surface area (Å²) >= 11 is 0. The lowest BCUT2D eigenvalue weighted by Crippen LogP contribution is -2.25. The van der Waals surface area contributed by atoms with E-state index in [-0.39, 0.29) is 5.66 Å². The summed E-state index contributed by atoms with van der Waals surface area (Å²) in [4.78, 5) is 10.3. The van der Waals surface area contributed by atoms with Crippen LogP contribution in [0.15, 0.2) is 58.5 Å². The molecule has 0 unspecified atom stereocenters. The van der Waals surface area contributed by atoms with Crippen LogP contribution in [-0.2, 0) is 0 Å². The second-order valence-corrected chi connectivity index (χ2v) is 7.20. The van der Waals surface area contributed by atoms with E-state index in [0.29, 0.717) is 0 Å². The molecule has 0 bridgehead atoms. The third-order valence-corrected chi connectivity index (χ3v) is 5.17. The highest BCUT2D eigenvalue weighted by Gasteiger charge is 2.37. The summed E-state index contributed by atoms with van der Waals surface area (Å²) in [6, 6.07) is 17.4. The topological polar surface area (TPSA) is 24.7 Å². The van der Waals surface area contributed by atoms with Crippen molar-refractivity contribution < 1.29 is 0 Å². The minimum Gasteiger partial charge on any atom is -0.253 e. The number of hydrogen-bond donors (Lipinski definition) is 0. The number of hydrogen-bond acceptors (Lipinski definition) is 2. The van der Waals surface area contributed by atoms with Crippen molar-refractivity contribution in [3.05, 3.63) is 70.8 Å². The van der Waals surface area contributed by atoms with Crippen molar-refractivity contribution in [3.63, 3.8) is 0 Å². The fourth-order valence-corrected chi connectivity index (χ4v) is 3.71. The zero-order valence-electron chi connectivity index (χ0n) is 14.5. The molecular weight excluding hydrogens is 292 g/mol. The van der Waals surface area contributed by atoms with Crippen LogP contribution >= 0.6 is 0 Å². The van der Waals surface area contributed by atoms with Gasteiger partial charge in [-0.05, 0) is 39.5 Å². The second kappa shape index (κ2) is 6.01. The maximum absolute atomic E-state index is 5.17. The Morgan fingerprint density at radius 2 is 1.04 bits per heavy atom. The van der Waals surface area contributed by atoms with Crippen molar-refractivity contribution in [3.8, 4) is 0 Å². The third kappa shape index (κ3) is 2.82. The highest BCUT2D eigenvalue weighted by molar-refractivity contribution is 6.54. The lowest BCUT2D eigenvalue weighted by Gasteiger charge is -2.27. The van der Waals surface area contributed by atoms with Crippen molar-refractivity contribution in [1.82, 2.24) is 0 Å². The Labute approximate surface area is 144 Å². The van der Waals surface area contributed by atoms with Gasteiger partial charge in [0, 0.05) is 11.1 Å². The van der Waals surface area contributed by atoms with E-state index in [1.54, 1.807) is 0 Å². The van der Waals surface area contributed by atoms with E-state index >= 15 is 0 Å². The molecule has 1 fully saturated rings. The summed E-state index contributed by atoms with van der Waals surface area (Å²) < 4.78 is 0. The third-order valence-electron chi connectivity index (χ3n) is 5.17. The van der Waals surface area contributed by atoms with Crippen LogP contribution in [0.5, 0.6) is 0 Å². The van der Waals surface area contributed by atoms with Gasteiger partial charge in [-0.3, -0.25) is 9.98 Å². The highest BCUT2D eigenvalue weighted by Crippen LogP contribution is 2.38. The minimum atomic E-state index is -0.210. The van der Waals surface area contributed by atoms with Gasteiger partial charge in [0.25, 0.3) is 0 Å². The number of aryl methyl sites for hydroxylation is 2. The number of nitrogens with zero attached hydrogens (tertiary/aromatic N) is 2. The molecule has 1 aliphatic heterocycles. The van der Waals surface area contributed by atoms with Gasteiger partial charge in [-0.1, -0.05) is 66.1 Å². The molecule has 2 aliphatic rings. The Balaban J connectivity index is 1.81. The predicted molar refractivity (Wildman–Crippen MR) is 101 cm³/mol. The summed E-state index contributed by atoms with van der Waals surface area (Å²) in [5, 5.41) is 0. The average Bonchev–Trinajstić information content (AvgIpc) is 2.96. The number of benzene rings is 2. The van der Waals surface area contributed by atoms with Gasteiger partial charge >= 0.3 is 0 Å². The average molecular weight is 316 g/mol. The summed E-state index contributed by atoms with van der Waals surface area (Å²) in [6.45, 7) is 4.25. The maximum atomic E-state index is 5.17. The summed E-state index contributed by atoms with van der Waals surface area (Å²) in [5.41, 5.74) is 6.85. The molecular formula is C22H24N2. The van der Waals surface area contributed by atoms with Crippen LogP contribution in [0.25, 0.3) is 0 Å². The monoisotopic (exact) mass is 316 g/mol. The fraction of sp³-hybridized carbons (Fsp3) is 0.364. The molecule has 0 saturated heterocycles. The Bertz CT molecular complexity index is 725. The molecule has 0 N–H and O–H groups in total. The van der Waals surface area contributed by atoms with E-state index in [4.69, 9.17) is 9.98 Å². The summed E-state index contributed by atoms with van der Waals surface area (Å²) in [7, 11) is 0. The second-order valence-electron chi connectivity index (χ2n) is 7.20. The fourth-order valence-electron chi connectivity index (χ4n) is 3.71. The van der Waals surface area contributed by atoms with Crippen LogP contribution in [0.3, 0.4) is 0 Å². The first kappa shape index (κ1) is 15.3. The number of rotatable bonds is 2. The first-order chi connectivity index (χ1) is 11.7. The molecule has 0 amide bonds. The molecule has 24 heavy (non-hydrogen) atoms. The van der Waals surface area contributed by atoms with Gasteiger partial charge in [0.15, 0.2) is 5.66 Å². The zero-order valence-corrected chi connectivity index (χ0v) is 14.5. The molecule has 2 nitrogen and oxygen atoms in total. The van der Waals surface area contributed by atoms with Gasteiger partial charge in [0.1, 0.15) is 0 Å². The lowest BCUT2D eigenvalue weighted by atomic mass is 9.90. The molecule has 2 aromatic rings. The molecule has 2 aromatic carbocycles. The van der Waals surface area contributed by atoms with E-state index < -0.39 is 0 Å². The quantitative estimate of drug-likeness (QED) is 0.722. The Morgan fingerprint density at radius 3 is 1.46 bits per heavy atom. The first-order valence-electron chi connectivity index (χ1n) is 8.99. The Morgan fingerprint density at radius 1 is 0.625 bits per heavy atom. The van der Waals surface area contributed by atoms with Gasteiger partial charge < -0.3 is 0 Å².